The summed E-state index contributed by atoms with van der Waals surface area (Å²) in [6.07, 6.45) is 8.43. The van der Waals surface area contributed by atoms with Gasteiger partial charge in [0.05, 0.1) is 0 Å². The molecule has 1 aliphatic rings. The first kappa shape index (κ1) is 10.7. The zero-order chi connectivity index (χ0) is 9.52. The summed E-state index contributed by atoms with van der Waals surface area (Å²) in [5, 5.41) is 8.62. The smallest absolute Gasteiger partial charge is 0.136 e. The fraction of sp³-hybridized carbons (Fsp3) is 0.909. The van der Waals surface area contributed by atoms with Crippen LogP contribution in [-0.2, 0) is 4.79 Å². The molecule has 76 valence electrons. The molecule has 0 spiro atoms. The van der Waals surface area contributed by atoms with Gasteiger partial charge in [0.2, 0.25) is 0 Å². The average Bonchev–Trinajstić information content (AvgIpc) is 2.42. The Bertz CT molecular complexity index is 146. The van der Waals surface area contributed by atoms with Crippen molar-refractivity contribution in [3.8, 4) is 0 Å². The Balaban J connectivity index is 2.26. The van der Waals surface area contributed by atoms with Gasteiger partial charge in [-0.1, -0.05) is 25.7 Å². The van der Waals surface area contributed by atoms with Gasteiger partial charge in [-0.05, 0) is 19.3 Å². The van der Waals surface area contributed by atoms with E-state index in [1.165, 1.54) is 25.7 Å². The lowest BCUT2D eigenvalue weighted by Gasteiger charge is -2.11. The maximum Gasteiger partial charge on any atom is 0.136 e. The zero-order valence-corrected chi connectivity index (χ0v) is 8.30. The molecule has 0 unspecified atom stereocenters. The molecule has 2 nitrogen and oxygen atoms in total. The van der Waals surface area contributed by atoms with Crippen molar-refractivity contribution in [2.75, 3.05) is 6.61 Å². The number of carbonyl (C=O) groups excluding carboxylic acids is 1. The molecule has 0 aromatic carbocycles. The summed E-state index contributed by atoms with van der Waals surface area (Å²) in [4.78, 5) is 11.6. The molecule has 1 aliphatic carbocycles. The number of hydrogen-bond acceptors (Lipinski definition) is 2. The molecule has 0 aromatic heterocycles. The molecule has 0 bridgehead atoms. The van der Waals surface area contributed by atoms with Gasteiger partial charge in [-0.2, -0.15) is 0 Å². The quantitative estimate of drug-likeness (QED) is 0.681. The summed E-state index contributed by atoms with van der Waals surface area (Å²) in [5.41, 5.74) is 0. The van der Waals surface area contributed by atoms with E-state index < -0.39 is 0 Å². The Hall–Kier alpha value is -0.370. The predicted molar refractivity (Wildman–Crippen MR) is 52.5 cm³/mol. The number of ketones is 1. The Morgan fingerprint density at radius 3 is 2.31 bits per heavy atom. The molecule has 13 heavy (non-hydrogen) atoms. The average molecular weight is 184 g/mol. The van der Waals surface area contributed by atoms with Crippen molar-refractivity contribution in [3.63, 3.8) is 0 Å². The highest BCUT2D eigenvalue weighted by molar-refractivity contribution is 5.80. The molecule has 1 fully saturated rings. The van der Waals surface area contributed by atoms with Crippen LogP contribution in [0.1, 0.15) is 51.4 Å². The second-order valence-electron chi connectivity index (χ2n) is 3.98. The topological polar surface area (TPSA) is 37.3 Å². The highest BCUT2D eigenvalue weighted by Gasteiger charge is 2.18. The van der Waals surface area contributed by atoms with Crippen molar-refractivity contribution >= 4 is 5.78 Å². The van der Waals surface area contributed by atoms with Crippen LogP contribution < -0.4 is 0 Å². The third-order valence-corrected chi connectivity index (χ3v) is 2.89. The molecule has 0 heterocycles. The van der Waals surface area contributed by atoms with Crippen molar-refractivity contribution < 1.29 is 9.90 Å². The van der Waals surface area contributed by atoms with E-state index in [4.69, 9.17) is 5.11 Å². The lowest BCUT2D eigenvalue weighted by atomic mass is 9.93. The lowest BCUT2D eigenvalue weighted by molar-refractivity contribution is -0.123. The van der Waals surface area contributed by atoms with Crippen molar-refractivity contribution in [3.05, 3.63) is 0 Å². The molecule has 2 heteroatoms. The number of hydrogen-bond donors (Lipinski definition) is 1. The second-order valence-corrected chi connectivity index (χ2v) is 3.98. The van der Waals surface area contributed by atoms with E-state index >= 15 is 0 Å². The third kappa shape index (κ3) is 3.90. The minimum atomic E-state index is 0.151. The molecule has 1 rings (SSSR count). The SMILES string of the molecule is O=C(CCCO)C1CCCCCC1. The number of rotatable bonds is 4. The first-order chi connectivity index (χ1) is 6.34. The third-order valence-electron chi connectivity index (χ3n) is 2.89. The standard InChI is InChI=1S/C11H20O2/c12-9-5-8-11(13)10-6-3-1-2-4-7-10/h10,12H,1-9H2. The largest absolute Gasteiger partial charge is 0.396 e. The van der Waals surface area contributed by atoms with E-state index in [9.17, 15) is 4.79 Å². The summed E-state index contributed by atoms with van der Waals surface area (Å²) < 4.78 is 0. The van der Waals surface area contributed by atoms with Crippen LogP contribution in [0.15, 0.2) is 0 Å². The summed E-state index contributed by atoms with van der Waals surface area (Å²) in [6, 6.07) is 0. The van der Waals surface area contributed by atoms with Crippen LogP contribution in [0.4, 0.5) is 0 Å². The molecule has 0 amide bonds. The first-order valence-corrected chi connectivity index (χ1v) is 5.48. The maximum absolute atomic E-state index is 11.6. The van der Waals surface area contributed by atoms with E-state index in [1.54, 1.807) is 0 Å². The fourth-order valence-corrected chi connectivity index (χ4v) is 2.06. The minimum absolute atomic E-state index is 0.151. The lowest BCUT2D eigenvalue weighted by Crippen LogP contribution is -2.13. The Labute approximate surface area is 80.3 Å². The molecule has 0 saturated heterocycles. The molecule has 0 radical (unpaired) electrons. The second kappa shape index (κ2) is 6.14. The molecule has 0 aliphatic heterocycles. The van der Waals surface area contributed by atoms with Gasteiger partial charge < -0.3 is 5.11 Å². The number of Topliss-reactive ketones (excluding diaryl/α,β-unsaturated/α-hetero) is 1. The van der Waals surface area contributed by atoms with E-state index in [2.05, 4.69) is 0 Å². The van der Waals surface area contributed by atoms with Gasteiger partial charge in [-0.25, -0.2) is 0 Å². The Kier molecular flexibility index (Phi) is 5.06. The molecular weight excluding hydrogens is 164 g/mol. The predicted octanol–water partition coefficient (Wildman–Crippen LogP) is 2.30. The molecule has 1 saturated carbocycles. The monoisotopic (exact) mass is 184 g/mol. The Morgan fingerprint density at radius 1 is 1.15 bits per heavy atom. The van der Waals surface area contributed by atoms with Crippen molar-refractivity contribution in [2.24, 2.45) is 5.92 Å². The normalized spacial score (nSPS) is 19.8. The van der Waals surface area contributed by atoms with Crippen LogP contribution in [0.5, 0.6) is 0 Å². The van der Waals surface area contributed by atoms with Gasteiger partial charge in [0, 0.05) is 18.9 Å². The van der Waals surface area contributed by atoms with E-state index in [1.807, 2.05) is 0 Å². The van der Waals surface area contributed by atoms with Crippen LogP contribution in [0.3, 0.4) is 0 Å². The van der Waals surface area contributed by atoms with Crippen LogP contribution >= 0.6 is 0 Å². The molecule has 1 N–H and O–H groups in total. The van der Waals surface area contributed by atoms with E-state index in [0.717, 1.165) is 12.8 Å². The van der Waals surface area contributed by atoms with Crippen molar-refractivity contribution in [1.29, 1.82) is 0 Å². The summed E-state index contributed by atoms with van der Waals surface area (Å²) in [5.74, 6) is 0.699. The van der Waals surface area contributed by atoms with Crippen molar-refractivity contribution in [2.45, 2.75) is 51.4 Å². The van der Waals surface area contributed by atoms with Crippen LogP contribution in [0, 0.1) is 5.92 Å². The van der Waals surface area contributed by atoms with E-state index in [0.29, 0.717) is 24.5 Å². The van der Waals surface area contributed by atoms with Gasteiger partial charge in [-0.3, -0.25) is 4.79 Å². The Morgan fingerprint density at radius 2 is 1.77 bits per heavy atom. The van der Waals surface area contributed by atoms with Crippen molar-refractivity contribution in [1.82, 2.24) is 0 Å². The number of aliphatic hydroxyl groups is 1. The van der Waals surface area contributed by atoms with Gasteiger partial charge in [0.15, 0.2) is 0 Å². The summed E-state index contributed by atoms with van der Waals surface area (Å²) in [7, 11) is 0. The molecular formula is C11H20O2. The van der Waals surface area contributed by atoms with Gasteiger partial charge in [0.1, 0.15) is 5.78 Å². The first-order valence-electron chi connectivity index (χ1n) is 5.48. The van der Waals surface area contributed by atoms with Crippen LogP contribution in [0.25, 0.3) is 0 Å². The fourth-order valence-electron chi connectivity index (χ4n) is 2.06. The molecule has 0 atom stereocenters. The summed E-state index contributed by atoms with van der Waals surface area (Å²) in [6.45, 7) is 0.151. The maximum atomic E-state index is 11.6. The van der Waals surface area contributed by atoms with Crippen LogP contribution in [-0.4, -0.2) is 17.5 Å². The van der Waals surface area contributed by atoms with E-state index in [-0.39, 0.29) is 6.61 Å². The highest BCUT2D eigenvalue weighted by atomic mass is 16.3. The summed E-state index contributed by atoms with van der Waals surface area (Å²) >= 11 is 0. The molecule has 0 aromatic rings. The zero-order valence-electron chi connectivity index (χ0n) is 8.30. The van der Waals surface area contributed by atoms with Gasteiger partial charge in [-0.15, -0.1) is 0 Å². The number of aliphatic hydroxyl groups excluding tert-OH is 1. The number of carbonyl (C=O) groups is 1. The highest BCUT2D eigenvalue weighted by Crippen LogP contribution is 2.24. The minimum Gasteiger partial charge on any atom is -0.396 e. The van der Waals surface area contributed by atoms with Gasteiger partial charge >= 0.3 is 0 Å². The van der Waals surface area contributed by atoms with Gasteiger partial charge in [0.25, 0.3) is 0 Å². The van der Waals surface area contributed by atoms with Crippen LogP contribution in [0.2, 0.25) is 0 Å².